The maximum Gasteiger partial charge on any atom is 0.159 e. The molecule has 8 heavy (non-hydrogen) atoms. The molecule has 3 heteroatoms. The van der Waals surface area contributed by atoms with E-state index >= 15 is 0 Å². The van der Waals surface area contributed by atoms with Crippen molar-refractivity contribution in [1.29, 1.82) is 0 Å². The quantitative estimate of drug-likeness (QED) is 0.663. The third-order valence-electron chi connectivity index (χ3n) is 0.772. The normalized spacial score (nSPS) is 9.75. The highest BCUT2D eigenvalue weighted by Gasteiger charge is 1.92. The van der Waals surface area contributed by atoms with E-state index in [2.05, 4.69) is 27.8 Å². The van der Waals surface area contributed by atoms with E-state index in [1.165, 1.54) is 4.88 Å². The molecule has 0 aliphatic carbocycles. The van der Waals surface area contributed by atoms with Gasteiger partial charge in [0.2, 0.25) is 0 Å². The van der Waals surface area contributed by atoms with E-state index in [0.717, 1.165) is 10.3 Å². The van der Waals surface area contributed by atoms with Crippen molar-refractivity contribution in [1.82, 2.24) is 4.98 Å². The van der Waals surface area contributed by atoms with Crippen LogP contribution in [-0.4, -0.2) is 4.98 Å². The summed E-state index contributed by atoms with van der Waals surface area (Å²) in [6.07, 6.45) is 2.67. The van der Waals surface area contributed by atoms with Crippen LogP contribution in [0.2, 0.25) is 0 Å². The SMILES string of the molecule is [CH2]Cc1cnc(Br)s1. The van der Waals surface area contributed by atoms with Crippen molar-refractivity contribution in [2.75, 3.05) is 0 Å². The molecule has 0 atom stereocenters. The van der Waals surface area contributed by atoms with Crippen LogP contribution in [0.4, 0.5) is 0 Å². The number of hydrogen-bond donors (Lipinski definition) is 0. The Morgan fingerprint density at radius 3 is 2.88 bits per heavy atom. The minimum atomic E-state index is 0.837. The van der Waals surface area contributed by atoms with Gasteiger partial charge in [-0.3, -0.25) is 0 Å². The summed E-state index contributed by atoms with van der Waals surface area (Å²) in [5, 5.41) is 0. The van der Waals surface area contributed by atoms with Gasteiger partial charge in [0.1, 0.15) is 0 Å². The lowest BCUT2D eigenvalue weighted by molar-refractivity contribution is 1.28. The number of halogens is 1. The van der Waals surface area contributed by atoms with Gasteiger partial charge in [-0.15, -0.1) is 11.3 Å². The summed E-state index contributed by atoms with van der Waals surface area (Å²) in [6, 6.07) is 0. The van der Waals surface area contributed by atoms with Crippen molar-refractivity contribution < 1.29 is 0 Å². The molecule has 0 aliphatic heterocycles. The molecule has 0 fully saturated rings. The summed E-state index contributed by atoms with van der Waals surface area (Å²) >= 11 is 4.88. The van der Waals surface area contributed by atoms with Crippen molar-refractivity contribution >= 4 is 27.3 Å². The van der Waals surface area contributed by atoms with Gasteiger partial charge in [-0.25, -0.2) is 4.98 Å². The average molecular weight is 191 g/mol. The monoisotopic (exact) mass is 190 g/mol. The summed E-state index contributed by atoms with van der Waals surface area (Å²) < 4.78 is 0.941. The van der Waals surface area contributed by atoms with Gasteiger partial charge in [0.25, 0.3) is 0 Å². The molecule has 0 unspecified atom stereocenters. The molecule has 43 valence electrons. The van der Waals surface area contributed by atoms with Gasteiger partial charge in [-0.2, -0.15) is 0 Å². The van der Waals surface area contributed by atoms with Crippen molar-refractivity contribution in [3.8, 4) is 0 Å². The van der Waals surface area contributed by atoms with E-state index in [4.69, 9.17) is 0 Å². The van der Waals surface area contributed by atoms with Gasteiger partial charge in [0.05, 0.1) is 0 Å². The topological polar surface area (TPSA) is 12.9 Å². The third-order valence-corrected chi connectivity index (χ3v) is 2.31. The molecule has 1 rings (SSSR count). The lowest BCUT2D eigenvalue weighted by Crippen LogP contribution is -1.65. The Bertz CT molecular complexity index is 173. The summed E-state index contributed by atoms with van der Waals surface area (Å²) in [6.45, 7) is 3.72. The van der Waals surface area contributed by atoms with Crippen LogP contribution < -0.4 is 0 Å². The van der Waals surface area contributed by atoms with Gasteiger partial charge >= 0.3 is 0 Å². The maximum absolute atomic E-state index is 3.98. The lowest BCUT2D eigenvalue weighted by atomic mass is 10.4. The van der Waals surface area contributed by atoms with Crippen molar-refractivity contribution in [3.05, 3.63) is 21.9 Å². The van der Waals surface area contributed by atoms with Crippen LogP contribution in [0.3, 0.4) is 0 Å². The lowest BCUT2D eigenvalue weighted by Gasteiger charge is -1.77. The predicted octanol–water partition coefficient (Wildman–Crippen LogP) is 2.28. The number of thiazole rings is 1. The first-order chi connectivity index (χ1) is 3.83. The maximum atomic E-state index is 3.98. The molecular weight excluding hydrogens is 186 g/mol. The van der Waals surface area contributed by atoms with E-state index in [0.29, 0.717) is 0 Å². The van der Waals surface area contributed by atoms with Gasteiger partial charge in [-0.1, -0.05) is 0 Å². The molecule has 1 aromatic heterocycles. The summed E-state index contributed by atoms with van der Waals surface area (Å²) in [5.41, 5.74) is 0. The highest BCUT2D eigenvalue weighted by molar-refractivity contribution is 9.11. The molecule has 1 aromatic rings. The second-order valence-corrected chi connectivity index (χ2v) is 3.72. The molecular formula is C5H5BrNS. The van der Waals surface area contributed by atoms with Gasteiger partial charge in [0, 0.05) is 11.1 Å². The molecule has 0 aromatic carbocycles. The Kier molecular flexibility index (Phi) is 2.02. The van der Waals surface area contributed by atoms with Gasteiger partial charge in [0.15, 0.2) is 3.92 Å². The summed E-state index contributed by atoms with van der Waals surface area (Å²) in [7, 11) is 0. The van der Waals surface area contributed by atoms with E-state index in [-0.39, 0.29) is 0 Å². The fourth-order valence-electron chi connectivity index (χ4n) is 0.399. The molecule has 0 N–H and O–H groups in total. The van der Waals surface area contributed by atoms with E-state index < -0.39 is 0 Å². The van der Waals surface area contributed by atoms with Crippen molar-refractivity contribution in [2.24, 2.45) is 0 Å². The summed E-state index contributed by atoms with van der Waals surface area (Å²) in [4.78, 5) is 5.20. The van der Waals surface area contributed by atoms with Crippen LogP contribution in [-0.2, 0) is 6.42 Å². The Hall–Kier alpha value is 0.110. The standard InChI is InChI=1S/C5H5BrNS/c1-2-4-3-7-5(6)8-4/h3H,1-2H2. The number of rotatable bonds is 1. The Morgan fingerprint density at radius 1 is 1.88 bits per heavy atom. The third kappa shape index (κ3) is 1.29. The molecule has 1 nitrogen and oxygen atoms in total. The van der Waals surface area contributed by atoms with E-state index in [1.807, 2.05) is 6.20 Å². The predicted molar refractivity (Wildman–Crippen MR) is 38.9 cm³/mol. The number of hydrogen-bond acceptors (Lipinski definition) is 2. The van der Waals surface area contributed by atoms with Crippen LogP contribution in [0.1, 0.15) is 4.88 Å². The molecule has 1 heterocycles. The largest absolute Gasteiger partial charge is 0.237 e. The zero-order valence-corrected chi connectivity index (χ0v) is 6.63. The van der Waals surface area contributed by atoms with Crippen LogP contribution >= 0.6 is 27.3 Å². The first-order valence-corrected chi connectivity index (χ1v) is 3.83. The molecule has 0 spiro atoms. The van der Waals surface area contributed by atoms with Crippen molar-refractivity contribution in [3.63, 3.8) is 0 Å². The smallest absolute Gasteiger partial charge is 0.159 e. The highest BCUT2D eigenvalue weighted by atomic mass is 79.9. The molecule has 0 saturated heterocycles. The molecule has 0 amide bonds. The van der Waals surface area contributed by atoms with Crippen LogP contribution in [0.25, 0.3) is 0 Å². The zero-order valence-electron chi connectivity index (χ0n) is 4.22. The van der Waals surface area contributed by atoms with Crippen LogP contribution in [0.15, 0.2) is 10.1 Å². The average Bonchev–Trinajstić information content (AvgIpc) is 2.14. The fourth-order valence-corrected chi connectivity index (χ4v) is 1.65. The minimum Gasteiger partial charge on any atom is -0.237 e. The Labute approximate surface area is 60.9 Å². The zero-order chi connectivity index (χ0) is 5.98. The second-order valence-electron chi connectivity index (χ2n) is 1.33. The summed E-state index contributed by atoms with van der Waals surface area (Å²) in [5.74, 6) is 0. The fraction of sp³-hybridized carbons (Fsp3) is 0.200. The molecule has 0 saturated carbocycles. The molecule has 1 radical (unpaired) electrons. The second kappa shape index (κ2) is 2.60. The molecule has 0 aliphatic rings. The number of aromatic nitrogens is 1. The van der Waals surface area contributed by atoms with Gasteiger partial charge in [-0.05, 0) is 29.3 Å². The van der Waals surface area contributed by atoms with Gasteiger partial charge < -0.3 is 0 Å². The highest BCUT2D eigenvalue weighted by Crippen LogP contribution is 2.17. The first kappa shape index (κ1) is 6.23. The minimum absolute atomic E-state index is 0.837. The molecule has 0 bridgehead atoms. The van der Waals surface area contributed by atoms with Crippen LogP contribution in [0.5, 0.6) is 0 Å². The van der Waals surface area contributed by atoms with Crippen LogP contribution in [0, 0.1) is 6.92 Å². The van der Waals surface area contributed by atoms with Crippen molar-refractivity contribution in [2.45, 2.75) is 6.42 Å². The first-order valence-electron chi connectivity index (χ1n) is 2.22. The Morgan fingerprint density at radius 2 is 2.62 bits per heavy atom. The van der Waals surface area contributed by atoms with E-state index in [1.54, 1.807) is 11.3 Å². The Balaban J connectivity index is 2.84. The van der Waals surface area contributed by atoms with E-state index in [9.17, 15) is 0 Å². The number of nitrogens with zero attached hydrogens (tertiary/aromatic N) is 1.